The lowest BCUT2D eigenvalue weighted by Crippen LogP contribution is -2.25. The third-order valence-electron chi connectivity index (χ3n) is 2.29. The summed E-state index contributed by atoms with van der Waals surface area (Å²) in [6.45, 7) is 4.69. The van der Waals surface area contributed by atoms with E-state index in [1.54, 1.807) is 12.4 Å². The van der Waals surface area contributed by atoms with Crippen molar-refractivity contribution in [3.05, 3.63) is 42.2 Å². The van der Waals surface area contributed by atoms with E-state index in [1.807, 2.05) is 24.1 Å². The molecule has 0 spiro atoms. The number of carboxylic acid groups (broad SMARTS) is 1. The number of nitrogens with zero attached hydrogens (tertiary/aromatic N) is 2. The second kappa shape index (κ2) is 6.02. The Balaban J connectivity index is 2.33. The smallest absolute Gasteiger partial charge is 0.332 e. The quantitative estimate of drug-likeness (QED) is 0.732. The van der Waals surface area contributed by atoms with Crippen LogP contribution in [0.3, 0.4) is 0 Å². The molecule has 0 radical (unpaired) electrons. The largest absolute Gasteiger partial charge is 0.478 e. The van der Waals surface area contributed by atoms with Crippen LogP contribution < -0.4 is 0 Å². The first-order valence-electron chi connectivity index (χ1n) is 5.08. The minimum atomic E-state index is -0.934. The fraction of sp³-hybridized carbons (Fsp3) is 0.333. The number of likely N-dealkylation sites (N-methyl/N-ethyl adjacent to an activating group) is 1. The van der Waals surface area contributed by atoms with E-state index in [2.05, 4.69) is 11.6 Å². The van der Waals surface area contributed by atoms with Gasteiger partial charge in [0.2, 0.25) is 0 Å². The van der Waals surface area contributed by atoms with Crippen molar-refractivity contribution in [3.8, 4) is 0 Å². The highest BCUT2D eigenvalue weighted by atomic mass is 16.4. The number of aromatic nitrogens is 1. The van der Waals surface area contributed by atoms with Gasteiger partial charge in [-0.3, -0.25) is 4.98 Å². The van der Waals surface area contributed by atoms with Gasteiger partial charge in [-0.1, -0.05) is 6.58 Å². The Kier molecular flexibility index (Phi) is 4.66. The SMILES string of the molecule is C=C(CN(C)CCc1ccncc1)C(=O)O. The number of pyridine rings is 1. The Morgan fingerprint density at radius 1 is 1.50 bits per heavy atom. The number of aliphatic carboxylic acids is 1. The summed E-state index contributed by atoms with van der Waals surface area (Å²) in [6, 6.07) is 3.92. The van der Waals surface area contributed by atoms with Gasteiger partial charge in [-0.25, -0.2) is 4.79 Å². The van der Waals surface area contributed by atoms with Crippen LogP contribution in [0.15, 0.2) is 36.7 Å². The van der Waals surface area contributed by atoms with E-state index in [4.69, 9.17) is 5.11 Å². The predicted octanol–water partition coefficient (Wildman–Crippen LogP) is 1.20. The number of hydrogen-bond acceptors (Lipinski definition) is 3. The Labute approximate surface area is 95.2 Å². The van der Waals surface area contributed by atoms with E-state index in [1.165, 1.54) is 5.56 Å². The van der Waals surface area contributed by atoms with Gasteiger partial charge in [-0.05, 0) is 31.2 Å². The van der Waals surface area contributed by atoms with Crippen LogP contribution in [-0.2, 0) is 11.2 Å². The summed E-state index contributed by atoms with van der Waals surface area (Å²) in [5, 5.41) is 8.68. The summed E-state index contributed by atoms with van der Waals surface area (Å²) >= 11 is 0. The van der Waals surface area contributed by atoms with Crippen LogP contribution in [0.1, 0.15) is 5.56 Å². The first-order chi connectivity index (χ1) is 7.59. The molecule has 0 unspecified atom stereocenters. The Morgan fingerprint density at radius 2 is 2.12 bits per heavy atom. The molecule has 1 aromatic heterocycles. The van der Waals surface area contributed by atoms with Crippen molar-refractivity contribution < 1.29 is 9.90 Å². The molecule has 86 valence electrons. The van der Waals surface area contributed by atoms with Gasteiger partial charge < -0.3 is 10.0 Å². The van der Waals surface area contributed by atoms with Gasteiger partial charge in [0.25, 0.3) is 0 Å². The molecular formula is C12H16N2O2. The number of carboxylic acids is 1. The fourth-order valence-corrected chi connectivity index (χ4v) is 1.34. The Bertz CT molecular complexity index is 363. The second-order valence-electron chi connectivity index (χ2n) is 3.75. The van der Waals surface area contributed by atoms with Crippen molar-refractivity contribution >= 4 is 5.97 Å². The van der Waals surface area contributed by atoms with E-state index in [9.17, 15) is 4.79 Å². The maximum atomic E-state index is 10.6. The monoisotopic (exact) mass is 220 g/mol. The van der Waals surface area contributed by atoms with Gasteiger partial charge in [-0.15, -0.1) is 0 Å². The van der Waals surface area contributed by atoms with E-state index in [0.717, 1.165) is 13.0 Å². The van der Waals surface area contributed by atoms with Crippen LogP contribution in [0.2, 0.25) is 0 Å². The molecular weight excluding hydrogens is 204 g/mol. The zero-order valence-electron chi connectivity index (χ0n) is 9.39. The van der Waals surface area contributed by atoms with Gasteiger partial charge in [0.1, 0.15) is 0 Å². The molecule has 0 saturated heterocycles. The highest BCUT2D eigenvalue weighted by Crippen LogP contribution is 2.00. The van der Waals surface area contributed by atoms with Crippen molar-refractivity contribution in [3.63, 3.8) is 0 Å². The molecule has 0 bridgehead atoms. The maximum Gasteiger partial charge on any atom is 0.332 e. The fourth-order valence-electron chi connectivity index (χ4n) is 1.34. The summed E-state index contributed by atoms with van der Waals surface area (Å²) in [7, 11) is 1.88. The summed E-state index contributed by atoms with van der Waals surface area (Å²) in [5.74, 6) is -0.934. The molecule has 4 heteroatoms. The zero-order valence-corrected chi connectivity index (χ0v) is 9.39. The van der Waals surface area contributed by atoms with Gasteiger partial charge in [-0.2, -0.15) is 0 Å². The van der Waals surface area contributed by atoms with Crippen molar-refractivity contribution in [1.82, 2.24) is 9.88 Å². The summed E-state index contributed by atoms with van der Waals surface area (Å²) in [5.41, 5.74) is 1.42. The average molecular weight is 220 g/mol. The van der Waals surface area contributed by atoms with Crippen LogP contribution in [0, 0.1) is 0 Å². The van der Waals surface area contributed by atoms with Crippen molar-refractivity contribution in [2.75, 3.05) is 20.1 Å². The lowest BCUT2D eigenvalue weighted by atomic mass is 10.2. The van der Waals surface area contributed by atoms with Crippen LogP contribution in [0.5, 0.6) is 0 Å². The molecule has 0 aromatic carbocycles. The van der Waals surface area contributed by atoms with E-state index >= 15 is 0 Å². The zero-order chi connectivity index (χ0) is 12.0. The van der Waals surface area contributed by atoms with Crippen LogP contribution >= 0.6 is 0 Å². The minimum Gasteiger partial charge on any atom is -0.478 e. The van der Waals surface area contributed by atoms with Gasteiger partial charge in [0.05, 0.1) is 0 Å². The minimum absolute atomic E-state index is 0.220. The molecule has 0 fully saturated rings. The maximum absolute atomic E-state index is 10.6. The molecule has 0 aliphatic carbocycles. The van der Waals surface area contributed by atoms with Crippen molar-refractivity contribution in [1.29, 1.82) is 0 Å². The predicted molar refractivity (Wildman–Crippen MR) is 62.2 cm³/mol. The third kappa shape index (κ3) is 4.23. The number of carbonyl (C=O) groups is 1. The molecule has 1 aromatic rings. The first kappa shape index (κ1) is 12.4. The molecule has 0 saturated carbocycles. The van der Waals surface area contributed by atoms with E-state index < -0.39 is 5.97 Å². The molecule has 16 heavy (non-hydrogen) atoms. The van der Waals surface area contributed by atoms with Crippen LogP contribution in [-0.4, -0.2) is 41.1 Å². The highest BCUT2D eigenvalue weighted by Gasteiger charge is 2.07. The summed E-state index contributed by atoms with van der Waals surface area (Å²) < 4.78 is 0. The highest BCUT2D eigenvalue weighted by molar-refractivity contribution is 5.86. The van der Waals surface area contributed by atoms with Crippen LogP contribution in [0.25, 0.3) is 0 Å². The van der Waals surface area contributed by atoms with Gasteiger partial charge in [0, 0.05) is 31.1 Å². The molecule has 0 atom stereocenters. The second-order valence-corrected chi connectivity index (χ2v) is 3.75. The molecule has 1 N–H and O–H groups in total. The van der Waals surface area contributed by atoms with Gasteiger partial charge in [0.15, 0.2) is 0 Å². The Hall–Kier alpha value is -1.68. The lowest BCUT2D eigenvalue weighted by molar-refractivity contribution is -0.132. The summed E-state index contributed by atoms with van der Waals surface area (Å²) in [4.78, 5) is 16.5. The summed E-state index contributed by atoms with van der Waals surface area (Å²) in [6.07, 6.45) is 4.39. The first-order valence-corrected chi connectivity index (χ1v) is 5.08. The molecule has 1 rings (SSSR count). The molecule has 0 amide bonds. The normalized spacial score (nSPS) is 10.4. The topological polar surface area (TPSA) is 53.4 Å². The lowest BCUT2D eigenvalue weighted by Gasteiger charge is -2.16. The van der Waals surface area contributed by atoms with Crippen molar-refractivity contribution in [2.45, 2.75) is 6.42 Å². The Morgan fingerprint density at radius 3 is 2.69 bits per heavy atom. The van der Waals surface area contributed by atoms with Crippen molar-refractivity contribution in [2.24, 2.45) is 0 Å². The van der Waals surface area contributed by atoms with E-state index in [0.29, 0.717) is 6.54 Å². The van der Waals surface area contributed by atoms with Gasteiger partial charge >= 0.3 is 5.97 Å². The third-order valence-corrected chi connectivity index (χ3v) is 2.29. The molecule has 0 aliphatic rings. The van der Waals surface area contributed by atoms with E-state index in [-0.39, 0.29) is 5.57 Å². The molecule has 0 aliphatic heterocycles. The van der Waals surface area contributed by atoms with Crippen LogP contribution in [0.4, 0.5) is 0 Å². The molecule has 4 nitrogen and oxygen atoms in total. The number of rotatable bonds is 6. The average Bonchev–Trinajstić information content (AvgIpc) is 2.27. The standard InChI is InChI=1S/C12H16N2O2/c1-10(12(15)16)9-14(2)8-5-11-3-6-13-7-4-11/h3-4,6-7H,1,5,8-9H2,2H3,(H,15,16). The number of hydrogen-bond donors (Lipinski definition) is 1. The molecule has 1 heterocycles.